The number of nitrogens with zero attached hydrogens (tertiary/aromatic N) is 1. The molecular formula is C18H15NO3. The van der Waals surface area contributed by atoms with Gasteiger partial charge in [0, 0.05) is 0 Å². The van der Waals surface area contributed by atoms with E-state index in [0.717, 1.165) is 11.1 Å². The average Bonchev–Trinajstić information content (AvgIpc) is 2.58. The Balaban J connectivity index is 2.41. The number of carbonyl (C=O) groups is 1. The number of ether oxygens (including phenoxy) is 2. The maximum Gasteiger partial charge on any atom is 0.339 e. The molecule has 0 saturated heterocycles. The van der Waals surface area contributed by atoms with Crippen molar-refractivity contribution in [1.82, 2.24) is 0 Å². The number of esters is 1. The Bertz CT molecular complexity index is 715. The molecule has 2 rings (SSSR count). The number of hydrogen-bond acceptors (Lipinski definition) is 4. The van der Waals surface area contributed by atoms with Crippen molar-refractivity contribution in [2.75, 3.05) is 13.7 Å². The van der Waals surface area contributed by atoms with Crippen LogP contribution in [-0.2, 0) is 9.53 Å². The zero-order valence-corrected chi connectivity index (χ0v) is 12.2. The molecule has 0 radical (unpaired) electrons. The van der Waals surface area contributed by atoms with Crippen LogP contribution in [0, 0.1) is 11.3 Å². The molecule has 0 fully saturated rings. The van der Waals surface area contributed by atoms with Crippen LogP contribution in [0.25, 0.3) is 11.6 Å². The Kier molecular flexibility index (Phi) is 5.33. The Labute approximate surface area is 129 Å². The zero-order valence-electron chi connectivity index (χ0n) is 12.2. The minimum absolute atomic E-state index is 0.277. The van der Waals surface area contributed by atoms with Crippen LogP contribution in [0.1, 0.15) is 11.1 Å². The summed E-state index contributed by atoms with van der Waals surface area (Å²) < 4.78 is 10.1. The summed E-state index contributed by atoms with van der Waals surface area (Å²) in [6.45, 7) is -0.277. The molecule has 0 aliphatic rings. The van der Waals surface area contributed by atoms with Crippen LogP contribution in [0.2, 0.25) is 0 Å². The number of rotatable bonds is 5. The van der Waals surface area contributed by atoms with Crippen LogP contribution in [0.3, 0.4) is 0 Å². The van der Waals surface area contributed by atoms with E-state index in [9.17, 15) is 4.79 Å². The summed E-state index contributed by atoms with van der Waals surface area (Å²) in [5.41, 5.74) is 1.93. The third-order valence-electron chi connectivity index (χ3n) is 2.98. The van der Waals surface area contributed by atoms with Crippen molar-refractivity contribution in [3.05, 3.63) is 65.7 Å². The lowest BCUT2D eigenvalue weighted by Gasteiger charge is -2.07. The van der Waals surface area contributed by atoms with Gasteiger partial charge in [-0.25, -0.2) is 4.79 Å². The fraction of sp³-hybridized carbons (Fsp3) is 0.111. The van der Waals surface area contributed by atoms with Crippen LogP contribution in [0.15, 0.2) is 54.6 Å². The van der Waals surface area contributed by atoms with Crippen molar-refractivity contribution in [3.8, 4) is 11.8 Å². The molecular weight excluding hydrogens is 278 g/mol. The molecule has 2 aromatic rings. The largest absolute Gasteiger partial charge is 0.497 e. The van der Waals surface area contributed by atoms with Gasteiger partial charge in [-0.2, -0.15) is 5.26 Å². The van der Waals surface area contributed by atoms with Gasteiger partial charge in [-0.05, 0) is 29.3 Å². The first-order chi connectivity index (χ1) is 10.7. The van der Waals surface area contributed by atoms with E-state index >= 15 is 0 Å². The summed E-state index contributed by atoms with van der Waals surface area (Å²) in [6, 6.07) is 18.3. The minimum atomic E-state index is -0.532. The van der Waals surface area contributed by atoms with E-state index in [-0.39, 0.29) is 6.61 Å². The maximum absolute atomic E-state index is 12.2. The van der Waals surface area contributed by atoms with E-state index < -0.39 is 5.97 Å². The van der Waals surface area contributed by atoms with Crippen molar-refractivity contribution in [3.63, 3.8) is 0 Å². The first-order valence-corrected chi connectivity index (χ1v) is 6.70. The highest BCUT2D eigenvalue weighted by molar-refractivity contribution is 6.21. The van der Waals surface area contributed by atoms with Gasteiger partial charge in [0.25, 0.3) is 0 Å². The molecule has 4 heteroatoms. The summed E-state index contributed by atoms with van der Waals surface area (Å²) in [7, 11) is 1.59. The number of benzene rings is 2. The van der Waals surface area contributed by atoms with Gasteiger partial charge in [-0.15, -0.1) is 0 Å². The van der Waals surface area contributed by atoms with Crippen LogP contribution in [0.4, 0.5) is 0 Å². The first-order valence-electron chi connectivity index (χ1n) is 6.70. The van der Waals surface area contributed by atoms with E-state index in [0.29, 0.717) is 11.3 Å². The summed E-state index contributed by atoms with van der Waals surface area (Å²) in [5, 5.41) is 8.56. The number of nitriles is 1. The lowest BCUT2D eigenvalue weighted by molar-refractivity contribution is -0.135. The number of methoxy groups -OCH3 is 1. The molecule has 0 aromatic heterocycles. The fourth-order valence-electron chi connectivity index (χ4n) is 1.95. The zero-order chi connectivity index (χ0) is 15.8. The summed E-state index contributed by atoms with van der Waals surface area (Å²) in [4.78, 5) is 12.2. The lowest BCUT2D eigenvalue weighted by Crippen LogP contribution is -2.07. The third-order valence-corrected chi connectivity index (χ3v) is 2.98. The predicted molar refractivity (Wildman–Crippen MR) is 83.9 cm³/mol. The lowest BCUT2D eigenvalue weighted by atomic mass is 10.0. The second kappa shape index (κ2) is 7.65. The van der Waals surface area contributed by atoms with Crippen molar-refractivity contribution in [2.24, 2.45) is 0 Å². The number of hydrogen-bond donors (Lipinski definition) is 0. The molecule has 0 aliphatic carbocycles. The van der Waals surface area contributed by atoms with E-state index in [1.54, 1.807) is 19.3 Å². The third kappa shape index (κ3) is 3.97. The molecule has 0 atom stereocenters. The Morgan fingerprint density at radius 2 is 1.95 bits per heavy atom. The smallest absolute Gasteiger partial charge is 0.339 e. The predicted octanol–water partition coefficient (Wildman–Crippen LogP) is 3.30. The summed E-state index contributed by atoms with van der Waals surface area (Å²) in [5.74, 6) is 0.169. The summed E-state index contributed by atoms with van der Waals surface area (Å²) in [6.07, 6.45) is 1.72. The van der Waals surface area contributed by atoms with Crippen molar-refractivity contribution < 1.29 is 14.3 Å². The van der Waals surface area contributed by atoms with Gasteiger partial charge in [0.05, 0.1) is 12.7 Å². The second-order valence-electron chi connectivity index (χ2n) is 4.43. The van der Waals surface area contributed by atoms with Crippen molar-refractivity contribution >= 4 is 17.6 Å². The van der Waals surface area contributed by atoms with Gasteiger partial charge in [0.15, 0.2) is 6.61 Å². The van der Waals surface area contributed by atoms with Gasteiger partial charge < -0.3 is 9.47 Å². The molecule has 0 unspecified atom stereocenters. The fourth-order valence-corrected chi connectivity index (χ4v) is 1.95. The Morgan fingerprint density at radius 3 is 2.64 bits per heavy atom. The van der Waals surface area contributed by atoms with Gasteiger partial charge in [-0.3, -0.25) is 0 Å². The number of carbonyl (C=O) groups excluding carboxylic acids is 1. The monoisotopic (exact) mass is 293 g/mol. The molecule has 0 amide bonds. The molecule has 0 N–H and O–H groups in total. The molecule has 0 bridgehead atoms. The maximum atomic E-state index is 12.2. The molecule has 0 spiro atoms. The van der Waals surface area contributed by atoms with Crippen LogP contribution >= 0.6 is 0 Å². The quantitative estimate of drug-likeness (QED) is 0.482. The van der Waals surface area contributed by atoms with Crippen LogP contribution in [-0.4, -0.2) is 19.7 Å². The second-order valence-corrected chi connectivity index (χ2v) is 4.43. The molecule has 0 saturated carbocycles. The van der Waals surface area contributed by atoms with Gasteiger partial charge in [0.1, 0.15) is 11.8 Å². The average molecular weight is 293 g/mol. The highest BCUT2D eigenvalue weighted by atomic mass is 16.5. The molecule has 2 aromatic carbocycles. The molecule has 110 valence electrons. The summed E-state index contributed by atoms with van der Waals surface area (Å²) >= 11 is 0. The first kappa shape index (κ1) is 15.3. The van der Waals surface area contributed by atoms with Crippen LogP contribution in [0.5, 0.6) is 5.75 Å². The van der Waals surface area contributed by atoms with Crippen LogP contribution < -0.4 is 4.74 Å². The SMILES string of the molecule is COc1cccc(/C=C(/C(=O)OCC#N)c2ccccc2)c1. The van der Waals surface area contributed by atoms with E-state index in [4.69, 9.17) is 14.7 Å². The highest BCUT2D eigenvalue weighted by Crippen LogP contribution is 2.22. The van der Waals surface area contributed by atoms with Gasteiger partial charge in [-0.1, -0.05) is 42.5 Å². The van der Waals surface area contributed by atoms with Gasteiger partial charge in [0.2, 0.25) is 0 Å². The van der Waals surface area contributed by atoms with Gasteiger partial charge >= 0.3 is 5.97 Å². The minimum Gasteiger partial charge on any atom is -0.497 e. The highest BCUT2D eigenvalue weighted by Gasteiger charge is 2.13. The Morgan fingerprint density at radius 1 is 1.18 bits per heavy atom. The standard InChI is InChI=1S/C18H15NO3/c1-21-16-9-5-6-14(12-16)13-17(18(20)22-11-10-19)15-7-3-2-4-8-15/h2-9,12-13H,11H2,1H3/b17-13+. The molecule has 4 nitrogen and oxygen atoms in total. The van der Waals surface area contributed by atoms with E-state index in [1.165, 1.54) is 0 Å². The molecule has 22 heavy (non-hydrogen) atoms. The normalized spacial score (nSPS) is 10.6. The Hall–Kier alpha value is -3.06. The molecule has 0 aliphatic heterocycles. The molecule has 0 heterocycles. The van der Waals surface area contributed by atoms with Crippen molar-refractivity contribution in [2.45, 2.75) is 0 Å². The van der Waals surface area contributed by atoms with E-state index in [2.05, 4.69) is 0 Å². The van der Waals surface area contributed by atoms with Crippen molar-refractivity contribution in [1.29, 1.82) is 5.26 Å². The topological polar surface area (TPSA) is 59.3 Å². The van der Waals surface area contributed by atoms with E-state index in [1.807, 2.05) is 54.6 Å².